The summed E-state index contributed by atoms with van der Waals surface area (Å²) in [5, 5.41) is 8.30. The van der Waals surface area contributed by atoms with Crippen molar-refractivity contribution in [3.8, 4) is 0 Å². The largest absolute Gasteiger partial charge is 0.464 e. The maximum atomic E-state index is 13.5. The predicted molar refractivity (Wildman–Crippen MR) is 152 cm³/mol. The highest BCUT2D eigenvalue weighted by molar-refractivity contribution is 5.92. The fraction of sp³-hybridized carbons (Fsp3) is 0.367. The number of aromatic nitrogens is 2. The number of hydrogen-bond donors (Lipinski definition) is 4. The van der Waals surface area contributed by atoms with Gasteiger partial charge in [0.25, 0.3) is 0 Å². The molecule has 218 valence electrons. The maximum absolute atomic E-state index is 13.5. The van der Waals surface area contributed by atoms with E-state index in [2.05, 4.69) is 25.9 Å². The van der Waals surface area contributed by atoms with Crippen molar-refractivity contribution in [1.29, 1.82) is 0 Å². The molecule has 2 atom stereocenters. The Bertz CT molecular complexity index is 1300. The van der Waals surface area contributed by atoms with Crippen LogP contribution in [-0.2, 0) is 38.3 Å². The van der Waals surface area contributed by atoms with E-state index in [0.29, 0.717) is 12.1 Å². The first-order chi connectivity index (χ1) is 19.6. The van der Waals surface area contributed by atoms with E-state index in [4.69, 9.17) is 9.47 Å². The Kier molecular flexibility index (Phi) is 11.0. The van der Waals surface area contributed by atoms with Crippen molar-refractivity contribution in [3.63, 3.8) is 0 Å². The van der Waals surface area contributed by atoms with Crippen LogP contribution in [-0.4, -0.2) is 65.2 Å². The van der Waals surface area contributed by atoms with Gasteiger partial charge in [-0.3, -0.25) is 9.59 Å². The van der Waals surface area contributed by atoms with Crippen molar-refractivity contribution in [1.82, 2.24) is 25.9 Å². The highest BCUT2D eigenvalue weighted by Crippen LogP contribution is 2.10. The number of aromatic amines is 1. The summed E-state index contributed by atoms with van der Waals surface area (Å²) in [4.78, 5) is 58.2. The number of amides is 3. The Balaban J connectivity index is 1.74. The van der Waals surface area contributed by atoms with E-state index < -0.39 is 41.6 Å². The fourth-order valence-electron chi connectivity index (χ4n) is 4.06. The van der Waals surface area contributed by atoms with E-state index >= 15 is 0 Å². The molecule has 3 rings (SSSR count). The normalized spacial score (nSPS) is 12.5. The SMILES string of the molecule is COC(=O)c1nc[nH]c1CCNC(=O)[C@H](Cc1ccccc1)NC(=O)[C@H](Cc1ccccc1)NC(=O)OC(C)(C)C. The topological polar surface area (TPSA) is 152 Å². The summed E-state index contributed by atoms with van der Waals surface area (Å²) >= 11 is 0. The quantitative estimate of drug-likeness (QED) is 0.247. The highest BCUT2D eigenvalue weighted by atomic mass is 16.6. The summed E-state index contributed by atoms with van der Waals surface area (Å²) in [6.45, 7) is 5.37. The number of hydrogen-bond acceptors (Lipinski definition) is 7. The molecule has 0 saturated heterocycles. The van der Waals surface area contributed by atoms with Crippen molar-refractivity contribution in [2.75, 3.05) is 13.7 Å². The third-order valence-electron chi connectivity index (χ3n) is 5.98. The Morgan fingerprint density at radius 1 is 0.854 bits per heavy atom. The summed E-state index contributed by atoms with van der Waals surface area (Å²) in [5.41, 5.74) is 1.58. The zero-order valence-electron chi connectivity index (χ0n) is 23.7. The predicted octanol–water partition coefficient (Wildman–Crippen LogP) is 2.72. The second-order valence-electron chi connectivity index (χ2n) is 10.4. The third-order valence-corrected chi connectivity index (χ3v) is 5.98. The fourth-order valence-corrected chi connectivity index (χ4v) is 4.06. The number of methoxy groups -OCH3 is 1. The average molecular weight is 564 g/mol. The van der Waals surface area contributed by atoms with Gasteiger partial charge in [-0.15, -0.1) is 0 Å². The number of carbonyl (C=O) groups is 4. The molecule has 0 aliphatic carbocycles. The van der Waals surface area contributed by atoms with Crippen LogP contribution in [0.25, 0.3) is 0 Å². The molecule has 4 N–H and O–H groups in total. The lowest BCUT2D eigenvalue weighted by Gasteiger charge is -2.25. The van der Waals surface area contributed by atoms with E-state index in [1.807, 2.05) is 60.7 Å². The van der Waals surface area contributed by atoms with E-state index in [9.17, 15) is 19.2 Å². The van der Waals surface area contributed by atoms with Crippen LogP contribution in [0.4, 0.5) is 4.79 Å². The van der Waals surface area contributed by atoms with Crippen LogP contribution in [0.1, 0.15) is 48.1 Å². The minimum Gasteiger partial charge on any atom is -0.464 e. The summed E-state index contributed by atoms with van der Waals surface area (Å²) in [6, 6.07) is 16.6. The molecular weight excluding hydrogens is 526 g/mol. The third kappa shape index (κ3) is 10.1. The van der Waals surface area contributed by atoms with Crippen LogP contribution in [0, 0.1) is 0 Å². The Labute approximate surface area is 239 Å². The van der Waals surface area contributed by atoms with Crippen LogP contribution >= 0.6 is 0 Å². The molecular formula is C30H37N5O6. The van der Waals surface area contributed by atoms with Gasteiger partial charge in [0.15, 0.2) is 5.69 Å². The highest BCUT2D eigenvalue weighted by Gasteiger charge is 2.29. The molecule has 2 aromatic carbocycles. The number of esters is 1. The summed E-state index contributed by atoms with van der Waals surface area (Å²) < 4.78 is 10.1. The number of benzene rings is 2. The molecule has 3 amide bonds. The maximum Gasteiger partial charge on any atom is 0.408 e. The molecule has 41 heavy (non-hydrogen) atoms. The van der Waals surface area contributed by atoms with Crippen LogP contribution in [0.2, 0.25) is 0 Å². The first-order valence-electron chi connectivity index (χ1n) is 13.3. The summed E-state index contributed by atoms with van der Waals surface area (Å²) in [6.07, 6.45) is 1.35. The number of rotatable bonds is 12. The van der Waals surface area contributed by atoms with Crippen molar-refractivity contribution in [2.45, 2.75) is 57.7 Å². The first-order valence-corrected chi connectivity index (χ1v) is 13.3. The molecule has 0 fully saturated rings. The molecule has 3 aromatic rings. The zero-order chi connectivity index (χ0) is 29.8. The van der Waals surface area contributed by atoms with Gasteiger partial charge in [-0.1, -0.05) is 60.7 Å². The lowest BCUT2D eigenvalue weighted by atomic mass is 10.0. The molecule has 0 spiro atoms. The second-order valence-corrected chi connectivity index (χ2v) is 10.4. The minimum atomic E-state index is -0.995. The van der Waals surface area contributed by atoms with Crippen LogP contribution < -0.4 is 16.0 Å². The standard InChI is InChI=1S/C30H37N5O6/c1-30(2,3)41-29(39)35-24(18-21-13-9-6-10-14-21)27(37)34-23(17-20-11-7-5-8-12-20)26(36)31-16-15-22-25(28(38)40-4)33-19-32-22/h5-14,19,23-24H,15-18H2,1-4H3,(H,31,36)(H,32,33)(H,34,37)(H,35,39)/t23-,24-/m0/s1. The molecule has 0 saturated carbocycles. The van der Waals surface area contributed by atoms with Gasteiger partial charge < -0.3 is 30.4 Å². The van der Waals surface area contributed by atoms with Crippen LogP contribution in [0.3, 0.4) is 0 Å². The number of imidazole rings is 1. The molecule has 0 aliphatic rings. The Morgan fingerprint density at radius 2 is 1.41 bits per heavy atom. The van der Waals surface area contributed by atoms with Gasteiger partial charge in [0, 0.05) is 25.8 Å². The van der Waals surface area contributed by atoms with Gasteiger partial charge in [0.05, 0.1) is 19.1 Å². The number of alkyl carbamates (subject to hydrolysis) is 1. The van der Waals surface area contributed by atoms with E-state index in [1.165, 1.54) is 13.4 Å². The van der Waals surface area contributed by atoms with Gasteiger partial charge in [0.2, 0.25) is 11.8 Å². The molecule has 0 radical (unpaired) electrons. The molecule has 0 unspecified atom stereocenters. The molecule has 0 aliphatic heterocycles. The monoisotopic (exact) mass is 563 g/mol. The van der Waals surface area contributed by atoms with Gasteiger partial charge in [0.1, 0.15) is 17.7 Å². The van der Waals surface area contributed by atoms with Crippen molar-refractivity contribution in [2.24, 2.45) is 0 Å². The molecule has 1 aromatic heterocycles. The number of H-pyrrole nitrogens is 1. The van der Waals surface area contributed by atoms with Gasteiger partial charge >= 0.3 is 12.1 Å². The lowest BCUT2D eigenvalue weighted by Crippen LogP contribution is -2.55. The van der Waals surface area contributed by atoms with Crippen molar-refractivity contribution < 1.29 is 28.7 Å². The van der Waals surface area contributed by atoms with Crippen LogP contribution in [0.5, 0.6) is 0 Å². The summed E-state index contributed by atoms with van der Waals surface area (Å²) in [5.74, 6) is -1.53. The van der Waals surface area contributed by atoms with Crippen LogP contribution in [0.15, 0.2) is 67.0 Å². The van der Waals surface area contributed by atoms with E-state index in [1.54, 1.807) is 20.8 Å². The number of carbonyl (C=O) groups excluding carboxylic acids is 4. The van der Waals surface area contributed by atoms with Gasteiger partial charge in [-0.25, -0.2) is 14.6 Å². The molecule has 11 heteroatoms. The Morgan fingerprint density at radius 3 is 1.95 bits per heavy atom. The van der Waals surface area contributed by atoms with Gasteiger partial charge in [-0.2, -0.15) is 0 Å². The number of ether oxygens (including phenoxy) is 2. The number of nitrogens with one attached hydrogen (secondary N) is 4. The minimum absolute atomic E-state index is 0.146. The summed E-state index contributed by atoms with van der Waals surface area (Å²) in [7, 11) is 1.27. The smallest absolute Gasteiger partial charge is 0.408 e. The van der Waals surface area contributed by atoms with E-state index in [-0.39, 0.29) is 25.1 Å². The average Bonchev–Trinajstić information content (AvgIpc) is 3.40. The lowest BCUT2D eigenvalue weighted by molar-refractivity contribution is -0.130. The second kappa shape index (κ2) is 14.6. The van der Waals surface area contributed by atoms with Crippen molar-refractivity contribution in [3.05, 3.63) is 89.5 Å². The van der Waals surface area contributed by atoms with Crippen molar-refractivity contribution >= 4 is 23.9 Å². The molecule has 11 nitrogen and oxygen atoms in total. The Hall–Kier alpha value is -4.67. The molecule has 1 heterocycles. The first kappa shape index (κ1) is 30.9. The van der Waals surface area contributed by atoms with E-state index in [0.717, 1.165) is 11.1 Å². The van der Waals surface area contributed by atoms with Gasteiger partial charge in [-0.05, 0) is 31.9 Å². The zero-order valence-corrected chi connectivity index (χ0v) is 23.7. The molecule has 0 bridgehead atoms. The number of nitrogens with zero attached hydrogens (tertiary/aromatic N) is 1.